The molecule has 18 heavy (non-hydrogen) atoms. The summed E-state index contributed by atoms with van der Waals surface area (Å²) in [6, 6.07) is 5.43. The lowest BCUT2D eigenvalue weighted by Gasteiger charge is -2.23. The number of benzene rings is 1. The Balaban J connectivity index is 0.000000873. The zero-order valence-electron chi connectivity index (χ0n) is 11.1. The van der Waals surface area contributed by atoms with Gasteiger partial charge in [0.2, 0.25) is 0 Å². The minimum atomic E-state index is -0.864. The fourth-order valence-corrected chi connectivity index (χ4v) is 1.65. The highest BCUT2D eigenvalue weighted by Gasteiger charge is 2.13. The third-order valence-electron chi connectivity index (χ3n) is 2.49. The maximum Gasteiger partial charge on any atom is 0.432 e. The molecule has 100 valence electrons. The van der Waals surface area contributed by atoms with Crippen molar-refractivity contribution in [1.29, 1.82) is 0 Å². The van der Waals surface area contributed by atoms with Crippen LogP contribution in [0.2, 0.25) is 0 Å². The first-order valence-electron chi connectivity index (χ1n) is 5.82. The van der Waals surface area contributed by atoms with Crippen LogP contribution in [-0.2, 0) is 0 Å². The van der Waals surface area contributed by atoms with Crippen LogP contribution in [-0.4, -0.2) is 41.9 Å². The molecule has 1 aromatic rings. The zero-order valence-corrected chi connectivity index (χ0v) is 11.1. The number of hydrogen-bond donors (Lipinski definition) is 3. The molecule has 0 aliphatic carbocycles. The van der Waals surface area contributed by atoms with E-state index in [1.165, 1.54) is 0 Å². The molecular formula is C12H20BNO4. The summed E-state index contributed by atoms with van der Waals surface area (Å²) in [6.45, 7) is 7.66. The quantitative estimate of drug-likeness (QED) is 0.691. The molecule has 0 fully saturated rings. The molecule has 0 bridgehead atoms. The number of carbonyl (C=O) groups is 1. The predicted molar refractivity (Wildman–Crippen MR) is 73.3 cm³/mol. The summed E-state index contributed by atoms with van der Waals surface area (Å²) in [4.78, 5) is 13.1. The molecule has 0 radical (unpaired) electrons. The SMILES string of the molecule is CCN(CC)c1cc(C)ccc1C(=O)O.OBO. The summed E-state index contributed by atoms with van der Waals surface area (Å²) in [7, 11) is -0.750. The lowest BCUT2D eigenvalue weighted by atomic mass is 10.1. The number of aromatic carboxylic acids is 1. The van der Waals surface area contributed by atoms with Crippen molar-refractivity contribution in [3.8, 4) is 0 Å². The molecule has 0 spiro atoms. The molecule has 6 heteroatoms. The number of carboxylic acids is 1. The molecule has 0 aliphatic heterocycles. The average Bonchev–Trinajstić information content (AvgIpc) is 2.31. The fraction of sp³-hybridized carbons (Fsp3) is 0.417. The van der Waals surface area contributed by atoms with Crippen molar-refractivity contribution in [2.75, 3.05) is 18.0 Å². The van der Waals surface area contributed by atoms with Crippen molar-refractivity contribution >= 4 is 19.3 Å². The Labute approximate surface area is 108 Å². The molecule has 0 aliphatic rings. The van der Waals surface area contributed by atoms with Crippen LogP contribution < -0.4 is 4.90 Å². The highest BCUT2D eigenvalue weighted by atomic mass is 16.4. The lowest BCUT2D eigenvalue weighted by molar-refractivity contribution is 0.0697. The van der Waals surface area contributed by atoms with Gasteiger partial charge in [0, 0.05) is 13.1 Å². The molecule has 5 nitrogen and oxygen atoms in total. The Morgan fingerprint density at radius 1 is 1.28 bits per heavy atom. The van der Waals surface area contributed by atoms with Gasteiger partial charge in [0.1, 0.15) is 0 Å². The van der Waals surface area contributed by atoms with E-state index in [1.54, 1.807) is 6.07 Å². The number of rotatable bonds is 4. The standard InChI is InChI=1S/C12H17NO2.BH3O2/c1-4-13(5-2)11-8-9(3)6-7-10(11)12(14)15;2-1-3/h6-8H,4-5H2,1-3H3,(H,14,15);1-3H. The van der Waals surface area contributed by atoms with Gasteiger partial charge in [-0.15, -0.1) is 0 Å². The Kier molecular flexibility index (Phi) is 7.82. The van der Waals surface area contributed by atoms with Crippen molar-refractivity contribution in [1.82, 2.24) is 0 Å². The van der Waals surface area contributed by atoms with Crippen LogP contribution in [0.3, 0.4) is 0 Å². The zero-order chi connectivity index (χ0) is 14.1. The highest BCUT2D eigenvalue weighted by Crippen LogP contribution is 2.22. The molecule has 0 unspecified atom stereocenters. The molecular weight excluding hydrogens is 233 g/mol. The molecule has 0 saturated heterocycles. The smallest absolute Gasteiger partial charge is 0.432 e. The number of anilines is 1. The van der Waals surface area contributed by atoms with Gasteiger partial charge in [0.15, 0.2) is 0 Å². The van der Waals surface area contributed by atoms with Crippen LogP contribution in [0.5, 0.6) is 0 Å². The minimum absolute atomic E-state index is 0.379. The van der Waals surface area contributed by atoms with Crippen LogP contribution >= 0.6 is 0 Å². The molecule has 1 aromatic carbocycles. The van der Waals surface area contributed by atoms with E-state index in [4.69, 9.17) is 15.2 Å². The van der Waals surface area contributed by atoms with Gasteiger partial charge in [-0.3, -0.25) is 0 Å². The number of aryl methyl sites for hydroxylation is 1. The van der Waals surface area contributed by atoms with E-state index in [1.807, 2.05) is 32.9 Å². The summed E-state index contributed by atoms with van der Waals surface area (Å²) in [5, 5.41) is 23.3. The van der Waals surface area contributed by atoms with Crippen LogP contribution in [0.4, 0.5) is 5.69 Å². The second-order valence-corrected chi connectivity index (χ2v) is 3.64. The monoisotopic (exact) mass is 253 g/mol. The topological polar surface area (TPSA) is 81.0 Å². The Bertz CT molecular complexity index is 380. The van der Waals surface area contributed by atoms with Crippen molar-refractivity contribution in [2.24, 2.45) is 0 Å². The normalized spacial score (nSPS) is 9.17. The maximum atomic E-state index is 11.0. The van der Waals surface area contributed by atoms with Gasteiger partial charge in [-0.25, -0.2) is 4.79 Å². The van der Waals surface area contributed by atoms with Crippen molar-refractivity contribution in [3.05, 3.63) is 29.3 Å². The van der Waals surface area contributed by atoms with E-state index in [9.17, 15) is 4.79 Å². The van der Waals surface area contributed by atoms with Gasteiger partial charge < -0.3 is 20.1 Å². The molecule has 0 amide bonds. The first-order valence-corrected chi connectivity index (χ1v) is 5.82. The summed E-state index contributed by atoms with van der Waals surface area (Å²) >= 11 is 0. The van der Waals surface area contributed by atoms with Crippen molar-refractivity contribution in [3.63, 3.8) is 0 Å². The van der Waals surface area contributed by atoms with Crippen LogP contribution in [0.25, 0.3) is 0 Å². The van der Waals surface area contributed by atoms with Crippen molar-refractivity contribution < 1.29 is 19.9 Å². The fourth-order valence-electron chi connectivity index (χ4n) is 1.65. The Morgan fingerprint density at radius 3 is 2.17 bits per heavy atom. The summed E-state index contributed by atoms with van der Waals surface area (Å²) in [5.74, 6) is -0.864. The van der Waals surface area contributed by atoms with E-state index in [0.29, 0.717) is 5.56 Å². The molecule has 3 N–H and O–H groups in total. The average molecular weight is 253 g/mol. The molecule has 0 atom stereocenters. The van der Waals surface area contributed by atoms with Crippen LogP contribution in [0.1, 0.15) is 29.8 Å². The molecule has 1 rings (SSSR count). The number of nitrogens with zero attached hydrogens (tertiary/aromatic N) is 1. The van der Waals surface area contributed by atoms with Crippen LogP contribution in [0.15, 0.2) is 18.2 Å². The first kappa shape index (κ1) is 16.5. The maximum absolute atomic E-state index is 11.0. The minimum Gasteiger partial charge on any atom is -0.478 e. The third-order valence-corrected chi connectivity index (χ3v) is 2.49. The van der Waals surface area contributed by atoms with Gasteiger partial charge in [0.05, 0.1) is 11.3 Å². The molecule has 0 saturated carbocycles. The summed E-state index contributed by atoms with van der Waals surface area (Å²) in [6.07, 6.45) is 0. The third kappa shape index (κ3) is 4.77. The van der Waals surface area contributed by atoms with Gasteiger partial charge in [-0.1, -0.05) is 6.07 Å². The second-order valence-electron chi connectivity index (χ2n) is 3.64. The second kappa shape index (κ2) is 8.55. The van der Waals surface area contributed by atoms with E-state index >= 15 is 0 Å². The van der Waals surface area contributed by atoms with E-state index in [-0.39, 0.29) is 0 Å². The van der Waals surface area contributed by atoms with E-state index in [2.05, 4.69) is 4.90 Å². The van der Waals surface area contributed by atoms with Gasteiger partial charge in [-0.2, -0.15) is 0 Å². The summed E-state index contributed by atoms with van der Waals surface area (Å²) in [5.41, 5.74) is 2.28. The van der Waals surface area contributed by atoms with Gasteiger partial charge >= 0.3 is 13.7 Å². The highest BCUT2D eigenvalue weighted by molar-refractivity contribution is 6.13. The summed E-state index contributed by atoms with van der Waals surface area (Å²) < 4.78 is 0. The Hall–Kier alpha value is -1.53. The van der Waals surface area contributed by atoms with E-state index in [0.717, 1.165) is 24.3 Å². The number of carboxylic acid groups (broad SMARTS) is 1. The van der Waals surface area contributed by atoms with Crippen molar-refractivity contribution in [2.45, 2.75) is 20.8 Å². The van der Waals surface area contributed by atoms with Gasteiger partial charge in [-0.05, 0) is 38.5 Å². The lowest BCUT2D eigenvalue weighted by Crippen LogP contribution is -2.24. The van der Waals surface area contributed by atoms with Gasteiger partial charge in [0.25, 0.3) is 0 Å². The molecule has 0 aromatic heterocycles. The first-order chi connectivity index (χ1) is 8.51. The molecule has 0 heterocycles. The number of hydrogen-bond acceptors (Lipinski definition) is 4. The predicted octanol–water partition coefficient (Wildman–Crippen LogP) is 0.777. The van der Waals surface area contributed by atoms with Crippen LogP contribution in [0, 0.1) is 6.92 Å². The largest absolute Gasteiger partial charge is 0.478 e. The Morgan fingerprint density at radius 2 is 1.78 bits per heavy atom. The van der Waals surface area contributed by atoms with E-state index < -0.39 is 13.7 Å².